The quantitative estimate of drug-likeness (QED) is 0.826. The minimum atomic E-state index is -4.59. The van der Waals surface area contributed by atoms with Crippen molar-refractivity contribution in [2.45, 2.75) is 37.5 Å². The highest BCUT2D eigenvalue weighted by molar-refractivity contribution is 5.85. The minimum absolute atomic E-state index is 0. The van der Waals surface area contributed by atoms with Crippen LogP contribution in [0.1, 0.15) is 24.8 Å². The van der Waals surface area contributed by atoms with Crippen molar-refractivity contribution < 1.29 is 17.6 Å². The molecule has 3 nitrogen and oxygen atoms in total. The summed E-state index contributed by atoms with van der Waals surface area (Å²) in [5, 5.41) is 2.76. The van der Waals surface area contributed by atoms with Crippen molar-refractivity contribution in [3.63, 3.8) is 0 Å². The molecule has 0 saturated heterocycles. The van der Waals surface area contributed by atoms with Gasteiger partial charge in [-0.15, -0.1) is 12.4 Å². The van der Waals surface area contributed by atoms with Crippen LogP contribution in [-0.2, 0) is 6.18 Å². The maximum Gasteiger partial charge on any atom is 0.417 e. The lowest BCUT2D eigenvalue weighted by molar-refractivity contribution is -0.138. The second-order valence-corrected chi connectivity index (χ2v) is 4.40. The first kappa shape index (κ1) is 16.0. The van der Waals surface area contributed by atoms with Crippen molar-refractivity contribution in [2.24, 2.45) is 5.73 Å². The average Bonchev–Trinajstić information content (AvgIpc) is 2.66. The van der Waals surface area contributed by atoms with Gasteiger partial charge in [0, 0.05) is 18.3 Å². The third-order valence-corrected chi connectivity index (χ3v) is 3.06. The van der Waals surface area contributed by atoms with Crippen molar-refractivity contribution in [1.82, 2.24) is 4.98 Å². The Morgan fingerprint density at radius 1 is 1.32 bits per heavy atom. The molecular formula is C11H14ClF4N3. The summed E-state index contributed by atoms with van der Waals surface area (Å²) in [6.45, 7) is 0. The fraction of sp³-hybridized carbons (Fsp3) is 0.545. The molecule has 19 heavy (non-hydrogen) atoms. The Morgan fingerprint density at radius 2 is 2.00 bits per heavy atom. The molecule has 0 radical (unpaired) electrons. The van der Waals surface area contributed by atoms with Crippen LogP contribution in [0.4, 0.5) is 23.4 Å². The summed E-state index contributed by atoms with van der Waals surface area (Å²) in [5.74, 6) is -1.19. The van der Waals surface area contributed by atoms with Crippen molar-refractivity contribution in [1.29, 1.82) is 0 Å². The molecule has 3 N–H and O–H groups in total. The van der Waals surface area contributed by atoms with Crippen LogP contribution in [-0.4, -0.2) is 17.1 Å². The van der Waals surface area contributed by atoms with Crippen LogP contribution >= 0.6 is 12.4 Å². The smallest absolute Gasteiger partial charge is 0.363 e. The van der Waals surface area contributed by atoms with Gasteiger partial charge in [-0.25, -0.2) is 9.37 Å². The molecule has 0 spiro atoms. The Hall–Kier alpha value is -1.08. The van der Waals surface area contributed by atoms with Gasteiger partial charge in [-0.2, -0.15) is 13.2 Å². The predicted molar refractivity (Wildman–Crippen MR) is 65.7 cm³/mol. The lowest BCUT2D eigenvalue weighted by atomic mass is 10.2. The number of pyridine rings is 1. The number of nitrogens with zero attached hydrogens (tertiary/aromatic N) is 1. The van der Waals surface area contributed by atoms with E-state index in [1.54, 1.807) is 0 Å². The first-order chi connectivity index (χ1) is 8.38. The number of hydrogen-bond donors (Lipinski definition) is 2. The Labute approximate surface area is 114 Å². The SMILES string of the molecule is Cl.N[C@H]1CCC[C@@H]1Nc1ncc(C(F)(F)F)cc1F. The summed E-state index contributed by atoms with van der Waals surface area (Å²) < 4.78 is 50.5. The highest BCUT2D eigenvalue weighted by atomic mass is 35.5. The molecule has 1 aliphatic rings. The lowest BCUT2D eigenvalue weighted by Gasteiger charge is -2.18. The number of halogens is 5. The molecule has 1 heterocycles. The van der Waals surface area contributed by atoms with Gasteiger partial charge in [0.05, 0.1) is 5.56 Å². The van der Waals surface area contributed by atoms with Gasteiger partial charge in [-0.1, -0.05) is 0 Å². The zero-order valence-electron chi connectivity index (χ0n) is 9.88. The highest BCUT2D eigenvalue weighted by Gasteiger charge is 2.32. The van der Waals surface area contributed by atoms with Crippen LogP contribution < -0.4 is 11.1 Å². The van der Waals surface area contributed by atoms with E-state index in [-0.39, 0.29) is 30.3 Å². The first-order valence-corrected chi connectivity index (χ1v) is 5.63. The van der Waals surface area contributed by atoms with E-state index in [9.17, 15) is 17.6 Å². The summed E-state index contributed by atoms with van der Waals surface area (Å²) in [4.78, 5) is 3.48. The molecule has 2 atom stereocenters. The van der Waals surface area contributed by atoms with Gasteiger partial charge in [-0.05, 0) is 25.3 Å². The fourth-order valence-corrected chi connectivity index (χ4v) is 2.04. The van der Waals surface area contributed by atoms with Crippen LogP contribution in [0.25, 0.3) is 0 Å². The molecule has 108 valence electrons. The van der Waals surface area contributed by atoms with E-state index < -0.39 is 17.6 Å². The number of anilines is 1. The second kappa shape index (κ2) is 5.92. The van der Waals surface area contributed by atoms with E-state index in [1.807, 2.05) is 0 Å². The van der Waals surface area contributed by atoms with Gasteiger partial charge in [0.1, 0.15) is 0 Å². The summed E-state index contributed by atoms with van der Waals surface area (Å²) in [5.41, 5.74) is 4.69. The molecule has 0 bridgehead atoms. The summed E-state index contributed by atoms with van der Waals surface area (Å²) >= 11 is 0. The molecule has 1 aromatic heterocycles. The first-order valence-electron chi connectivity index (χ1n) is 5.63. The molecule has 1 aliphatic carbocycles. The van der Waals surface area contributed by atoms with Gasteiger partial charge >= 0.3 is 6.18 Å². The van der Waals surface area contributed by atoms with Crippen LogP contribution in [0.5, 0.6) is 0 Å². The van der Waals surface area contributed by atoms with E-state index in [2.05, 4.69) is 10.3 Å². The van der Waals surface area contributed by atoms with Crippen molar-refractivity contribution in [3.05, 3.63) is 23.6 Å². The number of alkyl halides is 3. The summed E-state index contributed by atoms with van der Waals surface area (Å²) in [6, 6.07) is 0.188. The van der Waals surface area contributed by atoms with Crippen molar-refractivity contribution >= 4 is 18.2 Å². The van der Waals surface area contributed by atoms with E-state index in [0.717, 1.165) is 19.3 Å². The third kappa shape index (κ3) is 3.70. The fourth-order valence-electron chi connectivity index (χ4n) is 2.04. The topological polar surface area (TPSA) is 50.9 Å². The molecular weight excluding hydrogens is 286 g/mol. The number of nitrogens with one attached hydrogen (secondary N) is 1. The zero-order valence-corrected chi connectivity index (χ0v) is 10.7. The van der Waals surface area contributed by atoms with Gasteiger partial charge in [0.25, 0.3) is 0 Å². The summed E-state index contributed by atoms with van der Waals surface area (Å²) in [6.07, 6.45) is -1.47. The molecule has 1 saturated carbocycles. The lowest BCUT2D eigenvalue weighted by Crippen LogP contribution is -2.35. The largest absolute Gasteiger partial charge is 0.417 e. The molecule has 1 aromatic rings. The Balaban J connectivity index is 0.00000180. The molecule has 2 rings (SSSR count). The van der Waals surface area contributed by atoms with Gasteiger partial charge < -0.3 is 11.1 Å². The molecule has 8 heteroatoms. The maximum atomic E-state index is 13.5. The summed E-state index contributed by atoms with van der Waals surface area (Å²) in [7, 11) is 0. The van der Waals surface area contributed by atoms with E-state index >= 15 is 0 Å². The standard InChI is InChI=1S/C11H13F4N3.ClH/c12-7-4-6(11(13,14)15)5-17-10(7)18-9-3-1-2-8(9)16;/h4-5,8-9H,1-3,16H2,(H,17,18);1H/t8-,9-;/m0./s1. The zero-order chi connectivity index (χ0) is 13.3. The van der Waals surface area contributed by atoms with Crippen LogP contribution in [0, 0.1) is 5.82 Å². The highest BCUT2D eigenvalue weighted by Crippen LogP contribution is 2.30. The Bertz CT molecular complexity index is 438. The molecule has 0 amide bonds. The maximum absolute atomic E-state index is 13.5. The average molecular weight is 300 g/mol. The number of hydrogen-bond acceptors (Lipinski definition) is 3. The molecule has 0 unspecified atom stereocenters. The van der Waals surface area contributed by atoms with Gasteiger partial charge in [-0.3, -0.25) is 0 Å². The minimum Gasteiger partial charge on any atom is -0.363 e. The van der Waals surface area contributed by atoms with Crippen molar-refractivity contribution in [3.8, 4) is 0 Å². The number of rotatable bonds is 2. The predicted octanol–water partition coefficient (Wildman–Crippen LogP) is 2.95. The van der Waals surface area contributed by atoms with Crippen LogP contribution in [0.3, 0.4) is 0 Å². The monoisotopic (exact) mass is 299 g/mol. The van der Waals surface area contributed by atoms with E-state index in [4.69, 9.17) is 5.73 Å². The normalized spacial score (nSPS) is 23.0. The molecule has 0 aliphatic heterocycles. The van der Waals surface area contributed by atoms with Crippen molar-refractivity contribution in [2.75, 3.05) is 5.32 Å². The van der Waals surface area contributed by atoms with Crippen LogP contribution in [0.15, 0.2) is 12.3 Å². The second-order valence-electron chi connectivity index (χ2n) is 4.40. The van der Waals surface area contributed by atoms with Crippen LogP contribution in [0.2, 0.25) is 0 Å². The van der Waals surface area contributed by atoms with E-state index in [1.165, 1.54) is 0 Å². The molecule has 0 aromatic carbocycles. The van der Waals surface area contributed by atoms with Gasteiger partial charge in [0.2, 0.25) is 0 Å². The number of aromatic nitrogens is 1. The Kier molecular flexibility index (Phi) is 4.98. The third-order valence-electron chi connectivity index (χ3n) is 3.06. The van der Waals surface area contributed by atoms with E-state index in [0.29, 0.717) is 12.3 Å². The Morgan fingerprint density at radius 3 is 2.47 bits per heavy atom. The van der Waals surface area contributed by atoms with Gasteiger partial charge in [0.15, 0.2) is 11.6 Å². The molecule has 1 fully saturated rings. The number of nitrogens with two attached hydrogens (primary N) is 1.